The Morgan fingerprint density at radius 1 is 1.33 bits per heavy atom. The van der Waals surface area contributed by atoms with Crippen molar-refractivity contribution in [1.82, 2.24) is 25.1 Å². The molecule has 0 fully saturated rings. The maximum atomic E-state index is 11.5. The van der Waals surface area contributed by atoms with Crippen LogP contribution in [0.15, 0.2) is 49.2 Å². The van der Waals surface area contributed by atoms with Gasteiger partial charge in [-0.2, -0.15) is 9.61 Å². The van der Waals surface area contributed by atoms with E-state index in [2.05, 4.69) is 27.2 Å². The van der Waals surface area contributed by atoms with Crippen molar-refractivity contribution >= 4 is 28.4 Å². The van der Waals surface area contributed by atoms with Gasteiger partial charge in [0.15, 0.2) is 11.5 Å². The summed E-state index contributed by atoms with van der Waals surface area (Å²) in [5.41, 5.74) is 0.666. The topological polar surface area (TPSA) is 72.2 Å². The Morgan fingerprint density at radius 2 is 2.19 bits per heavy atom. The molecule has 0 spiro atoms. The number of aromatic nitrogens is 4. The van der Waals surface area contributed by atoms with Gasteiger partial charge in [-0.15, -0.1) is 16.8 Å². The fourth-order valence-electron chi connectivity index (χ4n) is 1.99. The van der Waals surface area contributed by atoms with Crippen LogP contribution in [0.5, 0.6) is 0 Å². The summed E-state index contributed by atoms with van der Waals surface area (Å²) >= 11 is 0. The average Bonchev–Trinajstić information content (AvgIpc) is 2.94. The average molecular weight is 279 g/mol. The third-order valence-corrected chi connectivity index (χ3v) is 2.98. The van der Waals surface area contributed by atoms with Gasteiger partial charge in [-0.05, 0) is 6.08 Å². The minimum atomic E-state index is -0.215. The van der Waals surface area contributed by atoms with Gasteiger partial charge in [0.1, 0.15) is 0 Å². The summed E-state index contributed by atoms with van der Waals surface area (Å²) in [6.45, 7) is 3.96. The molecule has 6 heteroatoms. The minimum Gasteiger partial charge on any atom is -0.349 e. The van der Waals surface area contributed by atoms with Crippen molar-refractivity contribution in [2.24, 2.45) is 0 Å². The molecule has 1 amide bonds. The number of nitrogens with zero attached hydrogens (tertiary/aromatic N) is 4. The summed E-state index contributed by atoms with van der Waals surface area (Å²) in [7, 11) is 0. The molecule has 0 aliphatic carbocycles. The van der Waals surface area contributed by atoms with Gasteiger partial charge in [0.25, 0.3) is 0 Å². The normalized spacial score (nSPS) is 11.2. The predicted octanol–water partition coefficient (Wildman–Crippen LogP) is 1.59. The highest BCUT2D eigenvalue weighted by molar-refractivity contribution is 5.94. The third kappa shape index (κ3) is 2.51. The van der Waals surface area contributed by atoms with Gasteiger partial charge in [-0.3, -0.25) is 4.79 Å². The summed E-state index contributed by atoms with van der Waals surface area (Å²) in [6.07, 6.45) is 6.35. The lowest BCUT2D eigenvalue weighted by atomic mass is 10.2. The summed E-state index contributed by atoms with van der Waals surface area (Å²) in [5.74, 6) is 0.289. The first-order valence-corrected chi connectivity index (χ1v) is 6.45. The summed E-state index contributed by atoms with van der Waals surface area (Å²) in [4.78, 5) is 11.5. The quantitative estimate of drug-likeness (QED) is 0.581. The molecular weight excluding hydrogens is 266 g/mol. The highest BCUT2D eigenvalue weighted by atomic mass is 16.1. The van der Waals surface area contributed by atoms with Crippen LogP contribution in [-0.2, 0) is 4.79 Å². The fourth-order valence-corrected chi connectivity index (χ4v) is 1.99. The number of benzene rings is 1. The summed E-state index contributed by atoms with van der Waals surface area (Å²) < 4.78 is 1.61. The predicted molar refractivity (Wildman–Crippen MR) is 80.5 cm³/mol. The van der Waals surface area contributed by atoms with E-state index in [0.29, 0.717) is 18.0 Å². The number of carbonyl (C=O) groups is 1. The van der Waals surface area contributed by atoms with Crippen LogP contribution in [0.2, 0.25) is 0 Å². The van der Waals surface area contributed by atoms with Gasteiger partial charge in [-0.25, -0.2) is 0 Å². The molecule has 0 unspecified atom stereocenters. The SMILES string of the molecule is C=CCNC(=O)/C=C/c1nnc2c3ccccc3cnn12. The maximum absolute atomic E-state index is 11.5. The molecule has 104 valence electrons. The lowest BCUT2D eigenvalue weighted by Gasteiger charge is -1.99. The Balaban J connectivity index is 1.97. The Kier molecular flexibility index (Phi) is 3.42. The number of rotatable bonds is 4. The largest absolute Gasteiger partial charge is 0.349 e. The zero-order valence-corrected chi connectivity index (χ0v) is 11.2. The number of hydrogen-bond donors (Lipinski definition) is 1. The molecular formula is C15H13N5O. The molecule has 0 aliphatic heterocycles. The standard InChI is InChI=1S/C15H13N5O/c1-2-9-16-14(21)8-7-13-18-19-15-12-6-4-3-5-11(12)10-17-20(13)15/h2-8,10H,1,9H2,(H,16,21)/b8-7+. The number of nitrogens with one attached hydrogen (secondary N) is 1. The lowest BCUT2D eigenvalue weighted by molar-refractivity contribution is -0.116. The molecule has 3 rings (SSSR count). The molecule has 6 nitrogen and oxygen atoms in total. The Labute approximate surface area is 120 Å². The van der Waals surface area contributed by atoms with Gasteiger partial charge in [0.2, 0.25) is 5.91 Å². The van der Waals surface area contributed by atoms with Crippen LogP contribution in [0.1, 0.15) is 5.82 Å². The second-order valence-electron chi connectivity index (χ2n) is 4.39. The zero-order valence-electron chi connectivity index (χ0n) is 11.2. The molecule has 2 heterocycles. The van der Waals surface area contributed by atoms with E-state index < -0.39 is 0 Å². The van der Waals surface area contributed by atoms with E-state index in [0.717, 1.165) is 10.8 Å². The van der Waals surface area contributed by atoms with E-state index >= 15 is 0 Å². The van der Waals surface area contributed by atoms with Crippen molar-refractivity contribution in [2.45, 2.75) is 0 Å². The van der Waals surface area contributed by atoms with Crippen molar-refractivity contribution in [3.8, 4) is 0 Å². The first-order chi connectivity index (χ1) is 10.3. The molecule has 0 atom stereocenters. The highest BCUT2D eigenvalue weighted by Gasteiger charge is 2.07. The van der Waals surface area contributed by atoms with Crippen molar-refractivity contribution in [1.29, 1.82) is 0 Å². The van der Waals surface area contributed by atoms with E-state index in [1.54, 1.807) is 22.9 Å². The molecule has 3 aromatic rings. The second-order valence-corrected chi connectivity index (χ2v) is 4.39. The Hall–Kier alpha value is -3.02. The lowest BCUT2D eigenvalue weighted by Crippen LogP contribution is -2.20. The smallest absolute Gasteiger partial charge is 0.244 e. The van der Waals surface area contributed by atoms with Crippen LogP contribution in [0.25, 0.3) is 22.5 Å². The molecule has 21 heavy (non-hydrogen) atoms. The van der Waals surface area contributed by atoms with Gasteiger partial charge < -0.3 is 5.32 Å². The fraction of sp³-hybridized carbons (Fsp3) is 0.0667. The van der Waals surface area contributed by atoms with E-state index in [4.69, 9.17) is 0 Å². The number of amides is 1. The molecule has 0 saturated carbocycles. The first kappa shape index (κ1) is 13.0. The number of hydrogen-bond acceptors (Lipinski definition) is 4. The van der Waals surface area contributed by atoms with Crippen molar-refractivity contribution in [3.05, 3.63) is 55.0 Å². The number of fused-ring (bicyclic) bond motifs is 3. The van der Waals surface area contributed by atoms with Crippen molar-refractivity contribution < 1.29 is 4.79 Å². The molecule has 0 bridgehead atoms. The molecule has 1 N–H and O–H groups in total. The van der Waals surface area contributed by atoms with Crippen molar-refractivity contribution in [2.75, 3.05) is 6.54 Å². The van der Waals surface area contributed by atoms with Gasteiger partial charge in [0, 0.05) is 23.4 Å². The second kappa shape index (κ2) is 5.54. The molecule has 2 aromatic heterocycles. The van der Waals surface area contributed by atoms with E-state index in [1.807, 2.05) is 24.3 Å². The van der Waals surface area contributed by atoms with Crippen LogP contribution in [0, 0.1) is 0 Å². The van der Waals surface area contributed by atoms with Gasteiger partial charge in [0.05, 0.1) is 6.20 Å². The van der Waals surface area contributed by atoms with E-state index in [1.165, 1.54) is 6.08 Å². The Bertz CT molecular complexity index is 850. The monoisotopic (exact) mass is 279 g/mol. The van der Waals surface area contributed by atoms with Crippen molar-refractivity contribution in [3.63, 3.8) is 0 Å². The number of carbonyl (C=O) groups excluding carboxylic acids is 1. The highest BCUT2D eigenvalue weighted by Crippen LogP contribution is 2.17. The van der Waals surface area contributed by atoms with Crippen LogP contribution < -0.4 is 5.32 Å². The third-order valence-electron chi connectivity index (χ3n) is 2.98. The summed E-state index contributed by atoms with van der Waals surface area (Å²) in [6, 6.07) is 7.82. The van der Waals surface area contributed by atoms with Crippen LogP contribution in [0.3, 0.4) is 0 Å². The Morgan fingerprint density at radius 3 is 3.05 bits per heavy atom. The minimum absolute atomic E-state index is 0.215. The van der Waals surface area contributed by atoms with Gasteiger partial charge >= 0.3 is 0 Å². The zero-order chi connectivity index (χ0) is 14.7. The van der Waals surface area contributed by atoms with Crippen LogP contribution in [0.4, 0.5) is 0 Å². The summed E-state index contributed by atoms with van der Waals surface area (Å²) in [5, 5.41) is 17.1. The van der Waals surface area contributed by atoms with Gasteiger partial charge in [-0.1, -0.05) is 30.3 Å². The first-order valence-electron chi connectivity index (χ1n) is 6.45. The molecule has 0 saturated heterocycles. The van der Waals surface area contributed by atoms with Crippen LogP contribution >= 0.6 is 0 Å². The maximum Gasteiger partial charge on any atom is 0.244 e. The molecule has 0 aliphatic rings. The molecule has 0 radical (unpaired) electrons. The molecule has 1 aromatic carbocycles. The van der Waals surface area contributed by atoms with Crippen LogP contribution in [-0.4, -0.2) is 32.3 Å². The van der Waals surface area contributed by atoms with E-state index in [9.17, 15) is 4.79 Å². The van der Waals surface area contributed by atoms with E-state index in [-0.39, 0.29) is 5.91 Å².